The molecule has 0 spiro atoms. The molecule has 0 atom stereocenters. The highest BCUT2D eigenvalue weighted by molar-refractivity contribution is 5.97. The summed E-state index contributed by atoms with van der Waals surface area (Å²) in [5, 5.41) is 8.43. The van der Waals surface area contributed by atoms with Crippen molar-refractivity contribution in [2.45, 2.75) is 18.9 Å². The number of aromatic amines is 2. The van der Waals surface area contributed by atoms with Crippen molar-refractivity contribution in [3.8, 4) is 34.0 Å². The average Bonchev–Trinajstić information content (AvgIpc) is 3.64. The van der Waals surface area contributed by atoms with Crippen molar-refractivity contribution in [2.24, 2.45) is 0 Å². The molecule has 1 aliphatic heterocycles. The van der Waals surface area contributed by atoms with E-state index in [9.17, 15) is 8.78 Å². The van der Waals surface area contributed by atoms with Crippen LogP contribution in [0, 0.1) is 0 Å². The molecule has 0 unspecified atom stereocenters. The first-order chi connectivity index (χ1) is 18.5. The monoisotopic (exact) mass is 508 g/mol. The Morgan fingerprint density at radius 2 is 1.89 bits per heavy atom. The van der Waals surface area contributed by atoms with Crippen LogP contribution in [0.1, 0.15) is 12.0 Å². The van der Waals surface area contributed by atoms with E-state index >= 15 is 0 Å². The van der Waals surface area contributed by atoms with Crippen LogP contribution in [0.25, 0.3) is 56.0 Å². The lowest BCUT2D eigenvalue weighted by Gasteiger charge is -2.15. The quantitative estimate of drug-likeness (QED) is 0.321. The zero-order valence-corrected chi connectivity index (χ0v) is 20.2. The van der Waals surface area contributed by atoms with Crippen molar-refractivity contribution in [2.75, 3.05) is 13.1 Å². The van der Waals surface area contributed by atoms with Gasteiger partial charge in [-0.05, 0) is 35.9 Å². The Hall–Kier alpha value is -4.57. The van der Waals surface area contributed by atoms with Crippen LogP contribution in [0.4, 0.5) is 8.78 Å². The average molecular weight is 509 g/mol. The Bertz CT molecular complexity index is 1780. The van der Waals surface area contributed by atoms with Crippen LogP contribution in [0.2, 0.25) is 0 Å². The zero-order valence-electron chi connectivity index (χ0n) is 20.2. The second-order valence-corrected chi connectivity index (χ2v) is 9.59. The minimum atomic E-state index is -2.62. The molecule has 10 heteroatoms. The topological polar surface area (TPSA) is 99.3 Å². The summed E-state index contributed by atoms with van der Waals surface area (Å²) in [6.45, 7) is 0.575. The van der Waals surface area contributed by atoms with Gasteiger partial charge in [-0.25, -0.2) is 13.8 Å². The number of nitrogens with one attached hydrogen (secondary N) is 2. The molecule has 1 aliphatic rings. The van der Waals surface area contributed by atoms with Crippen LogP contribution in [0.5, 0.6) is 0 Å². The van der Waals surface area contributed by atoms with Crippen LogP contribution >= 0.6 is 0 Å². The first kappa shape index (κ1) is 22.6. The van der Waals surface area contributed by atoms with Crippen molar-refractivity contribution in [3.63, 3.8) is 0 Å². The minimum Gasteiger partial charge on any atom is -0.337 e. The maximum atomic E-state index is 13.6. The molecule has 1 fully saturated rings. The highest BCUT2D eigenvalue weighted by atomic mass is 19.3. The number of alkyl halides is 2. The number of likely N-dealkylation sites (tertiary alicyclic amines) is 1. The Morgan fingerprint density at radius 3 is 2.74 bits per heavy atom. The predicted molar refractivity (Wildman–Crippen MR) is 140 cm³/mol. The number of H-pyrrole nitrogens is 2. The maximum absolute atomic E-state index is 13.6. The van der Waals surface area contributed by atoms with Gasteiger partial charge in [0.15, 0.2) is 5.82 Å². The summed E-state index contributed by atoms with van der Waals surface area (Å²) in [4.78, 5) is 23.5. The lowest BCUT2D eigenvalue weighted by molar-refractivity contribution is 0.0115. The maximum Gasteiger partial charge on any atom is 0.261 e. The number of halogens is 2. The van der Waals surface area contributed by atoms with Gasteiger partial charge < -0.3 is 4.98 Å². The van der Waals surface area contributed by atoms with Crippen LogP contribution in [0.3, 0.4) is 0 Å². The number of benzene rings is 1. The van der Waals surface area contributed by atoms with E-state index in [4.69, 9.17) is 4.98 Å². The lowest BCUT2D eigenvalue weighted by Crippen LogP contribution is -2.24. The number of imidazole rings is 1. The molecular formula is C28H22F2N8. The Morgan fingerprint density at radius 1 is 0.947 bits per heavy atom. The lowest BCUT2D eigenvalue weighted by atomic mass is 10.1. The summed E-state index contributed by atoms with van der Waals surface area (Å²) in [5.41, 5.74) is 7.33. The van der Waals surface area contributed by atoms with E-state index < -0.39 is 5.92 Å². The molecule has 38 heavy (non-hydrogen) atoms. The number of fused-ring (bicyclic) bond motifs is 2. The first-order valence-electron chi connectivity index (χ1n) is 12.3. The predicted octanol–water partition coefficient (Wildman–Crippen LogP) is 5.47. The van der Waals surface area contributed by atoms with E-state index in [0.717, 1.165) is 44.3 Å². The standard InChI is InChI=1S/C28H22F2N8/c29-28(30)7-9-38(16-28)15-17-10-18(13-31-12-17)23-11-20-24(14-33-23)36-37-26(20)27-34-22-6-3-4-19(25(22)35-27)21-5-1-2-8-32-21/h1-6,8,10-14H,7,9,15-16H2,(H,34,35)(H,36,37). The Kier molecular flexibility index (Phi) is 5.22. The van der Waals surface area contributed by atoms with E-state index in [-0.39, 0.29) is 13.0 Å². The van der Waals surface area contributed by atoms with Gasteiger partial charge >= 0.3 is 0 Å². The second kappa shape index (κ2) is 8.77. The van der Waals surface area contributed by atoms with Crippen molar-refractivity contribution in [3.05, 3.63) is 78.9 Å². The summed E-state index contributed by atoms with van der Waals surface area (Å²) < 4.78 is 27.3. The summed E-state index contributed by atoms with van der Waals surface area (Å²) in [6, 6.07) is 15.7. The van der Waals surface area contributed by atoms with E-state index in [1.165, 1.54) is 0 Å². The summed E-state index contributed by atoms with van der Waals surface area (Å²) >= 11 is 0. The van der Waals surface area contributed by atoms with Gasteiger partial charge in [0.2, 0.25) is 0 Å². The molecule has 0 radical (unpaired) electrons. The Labute approximate surface area is 215 Å². The number of hydrogen-bond acceptors (Lipinski definition) is 6. The number of hydrogen-bond donors (Lipinski definition) is 2. The summed E-state index contributed by atoms with van der Waals surface area (Å²) in [7, 11) is 0. The van der Waals surface area contributed by atoms with Gasteiger partial charge in [0, 0.05) is 54.6 Å². The molecule has 6 aromatic rings. The van der Waals surface area contributed by atoms with Crippen LogP contribution in [0.15, 0.2) is 73.3 Å². The van der Waals surface area contributed by atoms with E-state index in [1.54, 1.807) is 29.7 Å². The van der Waals surface area contributed by atoms with Crippen LogP contribution in [-0.4, -0.2) is 59.0 Å². The van der Waals surface area contributed by atoms with Crippen LogP contribution in [-0.2, 0) is 6.54 Å². The molecule has 1 aromatic carbocycles. The Balaban J connectivity index is 1.24. The second-order valence-electron chi connectivity index (χ2n) is 9.59. The minimum absolute atomic E-state index is 0.104. The van der Waals surface area contributed by atoms with Gasteiger partial charge in [0.05, 0.1) is 40.7 Å². The number of pyridine rings is 3. The van der Waals surface area contributed by atoms with Crippen LogP contribution < -0.4 is 0 Å². The zero-order chi connectivity index (χ0) is 25.7. The number of nitrogens with zero attached hydrogens (tertiary/aromatic N) is 6. The SMILES string of the molecule is FC1(F)CCN(Cc2cncc(-c3cc4c(-c5nc6c(-c7ccccn7)cccc6[nH]5)n[nH]c4cn3)c2)C1. The smallest absolute Gasteiger partial charge is 0.261 e. The third-order valence-corrected chi connectivity index (χ3v) is 6.87. The third kappa shape index (κ3) is 4.08. The summed E-state index contributed by atoms with van der Waals surface area (Å²) in [6.07, 6.45) is 6.84. The molecule has 7 rings (SSSR count). The first-order valence-corrected chi connectivity index (χ1v) is 12.3. The van der Waals surface area contributed by atoms with E-state index in [0.29, 0.717) is 30.3 Å². The molecule has 8 nitrogen and oxygen atoms in total. The fourth-order valence-electron chi connectivity index (χ4n) is 5.04. The van der Waals surface area contributed by atoms with Gasteiger partial charge in [-0.1, -0.05) is 18.2 Å². The van der Waals surface area contributed by atoms with Crippen molar-refractivity contribution < 1.29 is 8.78 Å². The van der Waals surface area contributed by atoms with Crippen molar-refractivity contribution >= 4 is 21.9 Å². The molecule has 0 saturated carbocycles. The van der Waals surface area contributed by atoms with E-state index in [2.05, 4.69) is 30.1 Å². The summed E-state index contributed by atoms with van der Waals surface area (Å²) in [5.74, 6) is -1.99. The number of aromatic nitrogens is 7. The molecule has 6 heterocycles. The molecule has 1 saturated heterocycles. The molecule has 0 aliphatic carbocycles. The molecular weight excluding hydrogens is 486 g/mol. The molecule has 2 N–H and O–H groups in total. The van der Waals surface area contributed by atoms with Gasteiger partial charge in [0.25, 0.3) is 5.92 Å². The molecule has 0 amide bonds. The van der Waals surface area contributed by atoms with E-state index in [1.807, 2.05) is 48.5 Å². The van der Waals surface area contributed by atoms with Gasteiger partial charge in [-0.15, -0.1) is 0 Å². The van der Waals surface area contributed by atoms with Gasteiger partial charge in [-0.3, -0.25) is 25.0 Å². The fourth-order valence-corrected chi connectivity index (χ4v) is 5.04. The number of para-hydroxylation sites is 1. The number of rotatable bonds is 5. The van der Waals surface area contributed by atoms with Gasteiger partial charge in [0.1, 0.15) is 5.69 Å². The third-order valence-electron chi connectivity index (χ3n) is 6.87. The highest BCUT2D eigenvalue weighted by Crippen LogP contribution is 2.32. The fraction of sp³-hybridized carbons (Fsp3) is 0.179. The molecule has 0 bridgehead atoms. The molecule has 5 aromatic heterocycles. The van der Waals surface area contributed by atoms with Crippen molar-refractivity contribution in [1.82, 2.24) is 40.0 Å². The van der Waals surface area contributed by atoms with Crippen molar-refractivity contribution in [1.29, 1.82) is 0 Å². The highest BCUT2D eigenvalue weighted by Gasteiger charge is 2.37. The van der Waals surface area contributed by atoms with Gasteiger partial charge in [-0.2, -0.15) is 5.10 Å². The largest absolute Gasteiger partial charge is 0.337 e. The molecule has 188 valence electrons. The normalized spacial score (nSPS) is 15.5.